The molecule has 0 aliphatic heterocycles. The van der Waals surface area contributed by atoms with E-state index in [4.69, 9.17) is 9.47 Å². The predicted molar refractivity (Wildman–Crippen MR) is 155 cm³/mol. The minimum absolute atomic E-state index is 0.0318. The number of carboxylic acids is 1. The van der Waals surface area contributed by atoms with E-state index in [0.29, 0.717) is 31.1 Å². The molecule has 0 aromatic heterocycles. The lowest BCUT2D eigenvalue weighted by molar-refractivity contribution is -0.191. The van der Waals surface area contributed by atoms with Crippen molar-refractivity contribution in [1.29, 1.82) is 0 Å². The molecule has 3 saturated carbocycles. The molecule has 0 saturated heterocycles. The average Bonchev–Trinajstić information content (AvgIpc) is 3.22. The van der Waals surface area contributed by atoms with Gasteiger partial charge < -0.3 is 19.9 Å². The maximum absolute atomic E-state index is 13.9. The van der Waals surface area contributed by atoms with Crippen LogP contribution in [0.15, 0.2) is 11.6 Å². The van der Waals surface area contributed by atoms with Crippen LogP contribution in [0.2, 0.25) is 0 Å². The zero-order valence-corrected chi connectivity index (χ0v) is 26.2. The summed E-state index contributed by atoms with van der Waals surface area (Å²) in [7, 11) is 0. The van der Waals surface area contributed by atoms with Gasteiger partial charge in [-0.25, -0.2) is 4.79 Å². The van der Waals surface area contributed by atoms with Crippen molar-refractivity contribution in [3.63, 3.8) is 0 Å². The Morgan fingerprint density at radius 2 is 1.70 bits per heavy atom. The van der Waals surface area contributed by atoms with E-state index in [1.54, 1.807) is 0 Å². The highest BCUT2D eigenvalue weighted by atomic mass is 16.6. The Labute approximate surface area is 253 Å². The summed E-state index contributed by atoms with van der Waals surface area (Å²) in [5, 5.41) is 11.8. The first-order valence-corrected chi connectivity index (χ1v) is 15.8. The quantitative estimate of drug-likeness (QED) is 0.330. The molecule has 0 spiro atoms. The number of hydrogen-bond donors (Lipinski definition) is 2. The van der Waals surface area contributed by atoms with Gasteiger partial charge in [0.2, 0.25) is 11.7 Å². The number of esters is 2. The van der Waals surface area contributed by atoms with Crippen LogP contribution < -0.4 is 5.32 Å². The van der Waals surface area contributed by atoms with Gasteiger partial charge >= 0.3 is 17.9 Å². The summed E-state index contributed by atoms with van der Waals surface area (Å²) in [6, 6.07) is -1.05. The molecule has 0 aromatic carbocycles. The molecule has 2 N–H and O–H groups in total. The number of carbonyl (C=O) groups excluding carboxylic acids is 5. The van der Waals surface area contributed by atoms with E-state index in [9.17, 15) is 33.9 Å². The summed E-state index contributed by atoms with van der Waals surface area (Å²) in [4.78, 5) is 74.6. The van der Waals surface area contributed by atoms with E-state index in [0.717, 1.165) is 32.1 Å². The second kappa shape index (κ2) is 12.5. The number of Topliss-reactive ketones (excluding diaryl/α,β-unsaturated/α-hetero) is 1. The normalized spacial score (nSPS) is 33.8. The van der Waals surface area contributed by atoms with Crippen molar-refractivity contribution in [2.24, 2.45) is 34.5 Å². The molecule has 7 atom stereocenters. The Balaban J connectivity index is 1.42. The Morgan fingerprint density at radius 1 is 1.00 bits per heavy atom. The van der Waals surface area contributed by atoms with Crippen molar-refractivity contribution in [3.8, 4) is 0 Å². The number of carboxylic acid groups (broad SMARTS) is 1. The van der Waals surface area contributed by atoms with E-state index in [1.165, 1.54) is 12.5 Å². The molecule has 10 nitrogen and oxygen atoms in total. The number of rotatable bonds is 11. The number of hydrogen-bond acceptors (Lipinski definition) is 8. The molecule has 0 aromatic rings. The standard InChI is InChI=1S/C33H47NO9/c1-19(2)16-26(30(40)41)34-28(38)8-9-29(39)42-18-27(37)33(43-20(3)35)15-12-25-23-7-6-21-17-22(36)10-13-31(21,4)24(23)11-14-32(25,33)5/h17,19,23-26H,6-16,18H2,1-5H3,(H,34,38)(H,40,41)/t23-,24-,25+,26+,31-,32-,33-/m0/s1. The Hall–Kier alpha value is -3.04. The number of nitrogens with one attached hydrogen (secondary N) is 1. The number of aliphatic carboxylic acids is 1. The van der Waals surface area contributed by atoms with Crippen molar-refractivity contribution in [2.45, 2.75) is 117 Å². The second-order valence-electron chi connectivity index (χ2n) is 14.1. The van der Waals surface area contributed by atoms with Gasteiger partial charge in [-0.1, -0.05) is 33.3 Å². The second-order valence-corrected chi connectivity index (χ2v) is 14.1. The van der Waals surface area contributed by atoms with Gasteiger partial charge in [0.05, 0.1) is 6.42 Å². The number of ether oxygens (including phenoxy) is 2. The molecular formula is C33H47NO9. The number of amides is 1. The molecule has 0 bridgehead atoms. The SMILES string of the molecule is CC(=O)O[C@]1(C(=O)COC(=O)CCC(=O)N[C@H](CC(C)C)C(=O)O)CC[C@@H]2[C@H]3CCC4=CC(=O)CC[C@]4(C)[C@H]3CC[C@@]21C. The third-order valence-corrected chi connectivity index (χ3v) is 11.1. The summed E-state index contributed by atoms with van der Waals surface area (Å²) in [5.74, 6) is -2.34. The molecule has 4 aliphatic carbocycles. The van der Waals surface area contributed by atoms with E-state index < -0.39 is 53.3 Å². The first kappa shape index (κ1) is 32.9. The lowest BCUT2D eigenvalue weighted by atomic mass is 9.46. The van der Waals surface area contributed by atoms with Crippen molar-refractivity contribution >= 4 is 35.4 Å². The van der Waals surface area contributed by atoms with Gasteiger partial charge in [-0.3, -0.25) is 24.0 Å². The van der Waals surface area contributed by atoms with E-state index in [1.807, 2.05) is 26.8 Å². The molecule has 0 unspecified atom stereocenters. The van der Waals surface area contributed by atoms with Crippen molar-refractivity contribution in [1.82, 2.24) is 5.32 Å². The minimum Gasteiger partial charge on any atom is -0.480 e. The fourth-order valence-corrected chi connectivity index (χ4v) is 9.00. The fraction of sp³-hybridized carbons (Fsp3) is 0.758. The summed E-state index contributed by atoms with van der Waals surface area (Å²) in [6.07, 6.45) is 7.37. The van der Waals surface area contributed by atoms with Crippen molar-refractivity contribution < 1.29 is 43.3 Å². The van der Waals surface area contributed by atoms with E-state index in [-0.39, 0.29) is 42.3 Å². The Morgan fingerprint density at radius 3 is 2.35 bits per heavy atom. The number of allylic oxidation sites excluding steroid dienone is 1. The molecule has 1 amide bonds. The molecule has 10 heteroatoms. The van der Waals surface area contributed by atoms with Gasteiger partial charge in [0.15, 0.2) is 18.0 Å². The van der Waals surface area contributed by atoms with Crippen LogP contribution in [0.4, 0.5) is 0 Å². The Kier molecular flexibility index (Phi) is 9.57. The lowest BCUT2D eigenvalue weighted by Gasteiger charge is -2.59. The molecule has 4 aliphatic rings. The fourth-order valence-electron chi connectivity index (χ4n) is 9.00. The van der Waals surface area contributed by atoms with Crippen molar-refractivity contribution in [2.75, 3.05) is 6.61 Å². The van der Waals surface area contributed by atoms with E-state index in [2.05, 4.69) is 12.2 Å². The highest BCUT2D eigenvalue weighted by molar-refractivity contribution is 5.94. The van der Waals surface area contributed by atoms with Crippen LogP contribution in [0.5, 0.6) is 0 Å². The van der Waals surface area contributed by atoms with Gasteiger partial charge in [-0.15, -0.1) is 0 Å². The summed E-state index contributed by atoms with van der Waals surface area (Å²) >= 11 is 0. The average molecular weight is 602 g/mol. The molecule has 238 valence electrons. The highest BCUT2D eigenvalue weighted by Crippen LogP contribution is 2.68. The molecule has 3 fully saturated rings. The topological polar surface area (TPSA) is 153 Å². The zero-order chi connectivity index (χ0) is 31.7. The molecule has 0 heterocycles. The number of fused-ring (bicyclic) bond motifs is 5. The Bertz CT molecular complexity index is 1210. The van der Waals surface area contributed by atoms with Crippen LogP contribution in [0, 0.1) is 34.5 Å². The predicted octanol–water partition coefficient (Wildman–Crippen LogP) is 4.33. The maximum Gasteiger partial charge on any atom is 0.326 e. The van der Waals surface area contributed by atoms with Crippen LogP contribution in [-0.2, 0) is 38.2 Å². The van der Waals surface area contributed by atoms with Crippen LogP contribution in [0.1, 0.15) is 105 Å². The van der Waals surface area contributed by atoms with Crippen LogP contribution in [0.25, 0.3) is 0 Å². The largest absolute Gasteiger partial charge is 0.480 e. The first-order chi connectivity index (χ1) is 20.1. The third-order valence-electron chi connectivity index (χ3n) is 11.1. The minimum atomic E-state index is -1.41. The van der Waals surface area contributed by atoms with Gasteiger partial charge in [0, 0.05) is 25.2 Å². The highest BCUT2D eigenvalue weighted by Gasteiger charge is 2.68. The summed E-state index contributed by atoms with van der Waals surface area (Å²) in [6.45, 7) is 8.75. The third kappa shape index (κ3) is 6.29. The van der Waals surface area contributed by atoms with Crippen LogP contribution >= 0.6 is 0 Å². The summed E-state index contributed by atoms with van der Waals surface area (Å²) < 4.78 is 11.2. The number of ketones is 2. The van der Waals surface area contributed by atoms with Crippen LogP contribution in [-0.4, -0.2) is 58.7 Å². The molecule has 43 heavy (non-hydrogen) atoms. The molecular weight excluding hydrogens is 554 g/mol. The van der Waals surface area contributed by atoms with E-state index >= 15 is 0 Å². The number of carbonyl (C=O) groups is 6. The first-order valence-electron chi connectivity index (χ1n) is 15.8. The van der Waals surface area contributed by atoms with Gasteiger partial charge in [-0.05, 0) is 86.5 Å². The lowest BCUT2D eigenvalue weighted by Crippen LogP contribution is -2.59. The molecule has 0 radical (unpaired) electrons. The van der Waals surface area contributed by atoms with Gasteiger partial charge in [0.1, 0.15) is 6.04 Å². The van der Waals surface area contributed by atoms with Gasteiger partial charge in [0.25, 0.3) is 0 Å². The molecule has 4 rings (SSSR count). The zero-order valence-electron chi connectivity index (χ0n) is 26.2. The van der Waals surface area contributed by atoms with Crippen LogP contribution in [0.3, 0.4) is 0 Å². The smallest absolute Gasteiger partial charge is 0.326 e. The maximum atomic E-state index is 13.9. The van der Waals surface area contributed by atoms with Gasteiger partial charge in [-0.2, -0.15) is 0 Å². The monoisotopic (exact) mass is 601 g/mol. The summed E-state index contributed by atoms with van der Waals surface area (Å²) in [5.41, 5.74) is -0.798. The van der Waals surface area contributed by atoms with Crippen molar-refractivity contribution in [3.05, 3.63) is 11.6 Å².